The topological polar surface area (TPSA) is 136 Å². The van der Waals surface area contributed by atoms with E-state index in [0.717, 1.165) is 18.5 Å². The molecule has 0 saturated heterocycles. The molecule has 2 aromatic rings. The summed E-state index contributed by atoms with van der Waals surface area (Å²) in [6, 6.07) is 7.22. The number of hydrogen-bond donors (Lipinski definition) is 4. The van der Waals surface area contributed by atoms with Crippen LogP contribution in [0.2, 0.25) is 10.2 Å². The molecule has 0 aliphatic heterocycles. The van der Waals surface area contributed by atoms with Gasteiger partial charge in [0.15, 0.2) is 22.5 Å². The third-order valence-electron chi connectivity index (χ3n) is 4.66. The van der Waals surface area contributed by atoms with E-state index in [-0.39, 0.29) is 28.4 Å². The van der Waals surface area contributed by atoms with Crippen molar-refractivity contribution in [3.05, 3.63) is 45.7 Å². The van der Waals surface area contributed by atoms with Gasteiger partial charge in [0.05, 0.1) is 40.2 Å². The molecule has 38 heavy (non-hydrogen) atoms. The Bertz CT molecular complexity index is 1130. The van der Waals surface area contributed by atoms with Crippen LogP contribution in [0.1, 0.15) is 22.5 Å². The van der Waals surface area contributed by atoms with Crippen LogP contribution in [0.3, 0.4) is 0 Å². The minimum atomic E-state index is -10.7. The van der Waals surface area contributed by atoms with Gasteiger partial charge >= 0.3 is 33.0 Å². The van der Waals surface area contributed by atoms with Gasteiger partial charge in [-0.25, -0.2) is 9.97 Å². The van der Waals surface area contributed by atoms with Crippen molar-refractivity contribution in [1.82, 2.24) is 20.6 Å². The normalized spacial score (nSPS) is 13.4. The Morgan fingerprint density at radius 1 is 0.895 bits per heavy atom. The summed E-state index contributed by atoms with van der Waals surface area (Å²) in [6.07, 6.45) is 1.13. The fourth-order valence-electron chi connectivity index (χ4n) is 2.86. The van der Waals surface area contributed by atoms with Crippen LogP contribution in [-0.2, 0) is 11.2 Å². The average Bonchev–Trinajstić information content (AvgIpc) is 2.73. The summed E-state index contributed by atoms with van der Waals surface area (Å²) in [5.41, 5.74) is 12.1. The molecule has 2 rings (SSSR count). The number of nitrogens with two attached hydrogens (primary N) is 2. The van der Waals surface area contributed by atoms with Crippen LogP contribution in [-0.4, -0.2) is 66.5 Å². The van der Waals surface area contributed by atoms with E-state index in [2.05, 4.69) is 34.7 Å². The van der Waals surface area contributed by atoms with Gasteiger partial charge in [-0.05, 0) is 17.7 Å². The second-order valence-corrected chi connectivity index (χ2v) is 11.4. The van der Waals surface area contributed by atoms with Crippen molar-refractivity contribution < 1.29 is 39.3 Å². The van der Waals surface area contributed by atoms with Gasteiger partial charge in [0.1, 0.15) is 0 Å². The Kier molecular flexibility index (Phi) is 10.6. The molecule has 1 heterocycles. The number of nitrogens with zero attached hydrogens (tertiary/aromatic N) is 3. The van der Waals surface area contributed by atoms with Crippen LogP contribution < -0.4 is 22.1 Å². The first-order chi connectivity index (χ1) is 17.0. The summed E-state index contributed by atoms with van der Waals surface area (Å²) in [4.78, 5) is 32.0. The van der Waals surface area contributed by atoms with Crippen molar-refractivity contribution in [3.8, 4) is 0 Å². The standard InChI is InChI=1S/C20H27Cl2N7O2.F6P/c1-29(2,10-3-8-25-15(30)12-13-4-6-14(21)7-5-13)11-9-26-20(31)16-18(23)28-19(24)17(22)27-16;1-7(2,3,4,5)6/h4-7H,3,8-12H2,1-2H3,(H5-,23,24,25,26,28,30,31);/q;-1/p+1. The molecular formula is C20H28Cl2F6N7O2P. The van der Waals surface area contributed by atoms with E-state index in [1.807, 2.05) is 12.1 Å². The molecule has 0 aliphatic rings. The first-order valence-electron chi connectivity index (χ1n) is 10.8. The Hall–Kier alpha value is -2.61. The summed E-state index contributed by atoms with van der Waals surface area (Å²) < 4.78 is 59.9. The van der Waals surface area contributed by atoms with Crippen molar-refractivity contribution in [1.29, 1.82) is 0 Å². The maximum atomic E-state index is 12.3. The van der Waals surface area contributed by atoms with Crippen LogP contribution in [0.5, 0.6) is 0 Å². The molecule has 0 saturated carbocycles. The van der Waals surface area contributed by atoms with Crippen molar-refractivity contribution >= 4 is 54.5 Å². The van der Waals surface area contributed by atoms with Crippen LogP contribution in [0.4, 0.5) is 36.8 Å². The average molecular weight is 614 g/mol. The molecule has 0 unspecified atom stereocenters. The van der Waals surface area contributed by atoms with Crippen molar-refractivity contribution in [2.75, 3.05) is 51.7 Å². The molecule has 2 amide bonds. The minimum absolute atomic E-state index is 0.0197. The quantitative estimate of drug-likeness (QED) is 0.130. The molecule has 1 aromatic heterocycles. The van der Waals surface area contributed by atoms with Crippen molar-refractivity contribution in [3.63, 3.8) is 0 Å². The van der Waals surface area contributed by atoms with E-state index in [0.29, 0.717) is 35.6 Å². The van der Waals surface area contributed by atoms with E-state index < -0.39 is 13.7 Å². The third kappa shape index (κ3) is 16.3. The number of amides is 2. The predicted octanol–water partition coefficient (Wildman–Crippen LogP) is 4.89. The monoisotopic (exact) mass is 613 g/mol. The maximum absolute atomic E-state index is 12.3. The second-order valence-electron chi connectivity index (χ2n) is 8.74. The molecule has 0 bridgehead atoms. The van der Waals surface area contributed by atoms with Gasteiger partial charge in [0.2, 0.25) is 5.91 Å². The zero-order chi connectivity index (χ0) is 29.4. The van der Waals surface area contributed by atoms with E-state index in [4.69, 9.17) is 34.7 Å². The molecule has 0 spiro atoms. The van der Waals surface area contributed by atoms with Crippen LogP contribution in [0.25, 0.3) is 0 Å². The molecule has 6 N–H and O–H groups in total. The Balaban J connectivity index is 0.000000905. The molecule has 0 atom stereocenters. The zero-order valence-corrected chi connectivity index (χ0v) is 22.7. The molecule has 0 fully saturated rings. The fraction of sp³-hybridized carbons (Fsp3) is 0.400. The van der Waals surface area contributed by atoms with Crippen LogP contribution in [0, 0.1) is 0 Å². The summed E-state index contributed by atoms with van der Waals surface area (Å²) in [5, 5.41) is 6.28. The number of quaternary nitrogens is 1. The predicted molar refractivity (Wildman–Crippen MR) is 136 cm³/mol. The number of likely N-dealkylation sites (N-methyl/N-ethyl adjacent to an activating group) is 1. The number of nitrogen functional groups attached to an aromatic ring is 2. The van der Waals surface area contributed by atoms with Gasteiger partial charge < -0.3 is 26.6 Å². The summed E-state index contributed by atoms with van der Waals surface area (Å²) in [7, 11) is -6.55. The van der Waals surface area contributed by atoms with E-state index in [1.54, 1.807) is 12.1 Å². The number of nitrogens with one attached hydrogen (secondary N) is 2. The van der Waals surface area contributed by atoms with Crippen LogP contribution >= 0.6 is 31.0 Å². The van der Waals surface area contributed by atoms with Gasteiger partial charge in [-0.3, -0.25) is 9.59 Å². The number of carbonyl (C=O) groups excluding carboxylic acids is 2. The number of benzene rings is 1. The Morgan fingerprint density at radius 2 is 1.45 bits per heavy atom. The molecule has 216 valence electrons. The number of aromatic nitrogens is 2. The van der Waals surface area contributed by atoms with E-state index >= 15 is 0 Å². The summed E-state index contributed by atoms with van der Waals surface area (Å²) in [5.74, 6) is -0.571. The fourth-order valence-corrected chi connectivity index (χ4v) is 3.11. The second kappa shape index (κ2) is 12.1. The van der Waals surface area contributed by atoms with Gasteiger partial charge in [-0.2, -0.15) is 0 Å². The van der Waals surface area contributed by atoms with Crippen LogP contribution in [0.15, 0.2) is 24.3 Å². The van der Waals surface area contributed by atoms with Gasteiger partial charge in [0, 0.05) is 18.0 Å². The van der Waals surface area contributed by atoms with Gasteiger partial charge in [0.25, 0.3) is 5.91 Å². The number of rotatable bonds is 10. The number of halogens is 8. The van der Waals surface area contributed by atoms with Crippen molar-refractivity contribution in [2.45, 2.75) is 12.8 Å². The van der Waals surface area contributed by atoms with Gasteiger partial charge in [-0.15, -0.1) is 0 Å². The number of hydrogen-bond acceptors (Lipinski definition) is 6. The Labute approximate surface area is 224 Å². The SMILES string of the molecule is C[N+](C)(CCCNC(=O)Cc1ccc(Cl)cc1)CCNC(=O)c1nc(Cl)c(N)nc1N.F[P-](F)(F)(F)(F)F. The summed E-state index contributed by atoms with van der Waals surface area (Å²) in [6.45, 7) is 2.50. The molecule has 9 nitrogen and oxygen atoms in total. The summed E-state index contributed by atoms with van der Waals surface area (Å²) >= 11 is 11.7. The van der Waals surface area contributed by atoms with Gasteiger partial charge in [-0.1, -0.05) is 35.3 Å². The van der Waals surface area contributed by atoms with Crippen molar-refractivity contribution in [2.24, 2.45) is 0 Å². The number of anilines is 2. The Morgan fingerprint density at radius 3 is 2.00 bits per heavy atom. The molecule has 0 aliphatic carbocycles. The number of carbonyl (C=O) groups is 2. The third-order valence-corrected chi connectivity index (χ3v) is 5.19. The van der Waals surface area contributed by atoms with E-state index in [9.17, 15) is 34.8 Å². The molecule has 1 aromatic carbocycles. The zero-order valence-electron chi connectivity index (χ0n) is 20.3. The molecule has 18 heteroatoms. The molecule has 0 radical (unpaired) electrons. The first-order valence-corrected chi connectivity index (χ1v) is 13.6. The van der Waals surface area contributed by atoms with E-state index in [1.165, 1.54) is 0 Å². The molecular weight excluding hydrogens is 586 g/mol. The first kappa shape index (κ1) is 33.4.